The summed E-state index contributed by atoms with van der Waals surface area (Å²) in [6, 6.07) is 6.36. The molecule has 1 aromatic carbocycles. The van der Waals surface area contributed by atoms with Gasteiger partial charge < -0.3 is 10.6 Å². The van der Waals surface area contributed by atoms with Gasteiger partial charge in [-0.3, -0.25) is 4.79 Å². The zero-order valence-corrected chi connectivity index (χ0v) is 8.26. The van der Waals surface area contributed by atoms with Crippen LogP contribution in [0.1, 0.15) is 23.6 Å². The number of nitrogens with one attached hydrogen (secondary N) is 2. The maximum Gasteiger partial charge on any atom is 0.217 e. The van der Waals surface area contributed by atoms with Crippen LogP contribution < -0.4 is 10.6 Å². The molecule has 0 aromatic heterocycles. The third kappa shape index (κ3) is 1.93. The third-order valence-electron chi connectivity index (χ3n) is 2.44. The van der Waals surface area contributed by atoms with Crippen LogP contribution in [0.15, 0.2) is 18.2 Å². The fraction of sp³-hybridized carbons (Fsp3) is 0.364. The summed E-state index contributed by atoms with van der Waals surface area (Å²) in [5.74, 6) is 0.0172. The molecule has 1 aliphatic heterocycles. The van der Waals surface area contributed by atoms with E-state index >= 15 is 0 Å². The highest BCUT2D eigenvalue weighted by molar-refractivity contribution is 5.72. The molecule has 1 aromatic rings. The highest BCUT2D eigenvalue weighted by Gasteiger charge is 2.09. The van der Waals surface area contributed by atoms with Crippen molar-refractivity contribution in [3.05, 3.63) is 34.9 Å². The van der Waals surface area contributed by atoms with Crippen LogP contribution in [0.4, 0.5) is 0 Å². The highest BCUT2D eigenvalue weighted by atomic mass is 16.1. The van der Waals surface area contributed by atoms with Crippen LogP contribution in [0.3, 0.4) is 0 Å². The van der Waals surface area contributed by atoms with Crippen LogP contribution >= 0.6 is 0 Å². The number of rotatable bonds is 2. The summed E-state index contributed by atoms with van der Waals surface area (Å²) in [4.78, 5) is 10.7. The first-order valence-electron chi connectivity index (χ1n) is 4.81. The Morgan fingerprint density at radius 3 is 3.00 bits per heavy atom. The Bertz CT molecular complexity index is 360. The minimum absolute atomic E-state index is 0.0172. The van der Waals surface area contributed by atoms with Gasteiger partial charge >= 0.3 is 0 Å². The van der Waals surface area contributed by atoms with Crippen molar-refractivity contribution < 1.29 is 4.79 Å². The molecule has 0 fully saturated rings. The summed E-state index contributed by atoms with van der Waals surface area (Å²) < 4.78 is 0. The van der Waals surface area contributed by atoms with E-state index < -0.39 is 0 Å². The Labute approximate surface area is 83.5 Å². The van der Waals surface area contributed by atoms with Gasteiger partial charge in [0.05, 0.1) is 0 Å². The normalized spacial score (nSPS) is 13.8. The lowest BCUT2D eigenvalue weighted by Gasteiger charge is -2.04. The van der Waals surface area contributed by atoms with Crippen molar-refractivity contribution in [3.8, 4) is 0 Å². The van der Waals surface area contributed by atoms with Gasteiger partial charge in [-0.1, -0.05) is 18.2 Å². The van der Waals surface area contributed by atoms with Crippen molar-refractivity contribution in [1.82, 2.24) is 10.6 Å². The van der Waals surface area contributed by atoms with Crippen molar-refractivity contribution in [3.63, 3.8) is 0 Å². The van der Waals surface area contributed by atoms with Gasteiger partial charge in [0, 0.05) is 26.6 Å². The summed E-state index contributed by atoms with van der Waals surface area (Å²) in [5.41, 5.74) is 3.90. The molecule has 0 aliphatic carbocycles. The van der Waals surface area contributed by atoms with Gasteiger partial charge in [-0.25, -0.2) is 0 Å². The van der Waals surface area contributed by atoms with Crippen molar-refractivity contribution in [2.45, 2.75) is 26.6 Å². The van der Waals surface area contributed by atoms with Gasteiger partial charge in [-0.05, 0) is 16.7 Å². The van der Waals surface area contributed by atoms with Gasteiger partial charge in [0.25, 0.3) is 0 Å². The Morgan fingerprint density at radius 2 is 2.21 bits per heavy atom. The molecular formula is C11H14N2O. The van der Waals surface area contributed by atoms with Crippen LogP contribution in [0.25, 0.3) is 0 Å². The Balaban J connectivity index is 2.09. The second kappa shape index (κ2) is 3.80. The lowest BCUT2D eigenvalue weighted by atomic mass is 10.1. The summed E-state index contributed by atoms with van der Waals surface area (Å²) in [5, 5.41) is 6.09. The molecule has 0 saturated heterocycles. The van der Waals surface area contributed by atoms with Crippen molar-refractivity contribution in [1.29, 1.82) is 0 Å². The summed E-state index contributed by atoms with van der Waals surface area (Å²) in [6.45, 7) is 4.08. The second-order valence-corrected chi connectivity index (χ2v) is 3.62. The topological polar surface area (TPSA) is 41.1 Å². The zero-order chi connectivity index (χ0) is 9.97. The lowest BCUT2D eigenvalue weighted by molar-refractivity contribution is -0.119. The monoisotopic (exact) mass is 190 g/mol. The molecule has 3 nitrogen and oxygen atoms in total. The van der Waals surface area contributed by atoms with E-state index in [0.29, 0.717) is 6.54 Å². The van der Waals surface area contributed by atoms with Crippen molar-refractivity contribution in [2.75, 3.05) is 0 Å². The SMILES string of the molecule is CC(=O)NCc1ccc2c(c1)CNC2. The molecule has 0 saturated carbocycles. The number of fused-ring (bicyclic) bond motifs is 1. The summed E-state index contributed by atoms with van der Waals surface area (Å²) in [7, 11) is 0. The maximum absolute atomic E-state index is 10.7. The largest absolute Gasteiger partial charge is 0.352 e. The molecule has 1 amide bonds. The van der Waals surface area contributed by atoms with Gasteiger partial charge in [-0.2, -0.15) is 0 Å². The average Bonchev–Trinajstić information content (AvgIpc) is 2.61. The van der Waals surface area contributed by atoms with Crippen LogP contribution in [-0.2, 0) is 24.4 Å². The van der Waals surface area contributed by atoms with E-state index in [-0.39, 0.29) is 5.91 Å². The Morgan fingerprint density at radius 1 is 1.43 bits per heavy atom. The number of carbonyl (C=O) groups excluding carboxylic acids is 1. The van der Waals surface area contributed by atoms with E-state index in [2.05, 4.69) is 28.8 Å². The van der Waals surface area contributed by atoms with E-state index in [1.54, 1.807) is 0 Å². The number of hydrogen-bond donors (Lipinski definition) is 2. The van der Waals surface area contributed by atoms with E-state index in [1.165, 1.54) is 23.6 Å². The maximum atomic E-state index is 10.7. The Hall–Kier alpha value is -1.35. The highest BCUT2D eigenvalue weighted by Crippen LogP contribution is 2.16. The quantitative estimate of drug-likeness (QED) is 0.728. The number of benzene rings is 1. The molecule has 0 unspecified atom stereocenters. The Kier molecular flexibility index (Phi) is 2.50. The number of amides is 1. The molecule has 0 spiro atoms. The smallest absolute Gasteiger partial charge is 0.217 e. The first kappa shape index (κ1) is 9.21. The van der Waals surface area contributed by atoms with E-state index in [4.69, 9.17) is 0 Å². The van der Waals surface area contributed by atoms with Gasteiger partial charge in [0.15, 0.2) is 0 Å². The molecule has 14 heavy (non-hydrogen) atoms. The van der Waals surface area contributed by atoms with Crippen LogP contribution in [-0.4, -0.2) is 5.91 Å². The third-order valence-corrected chi connectivity index (χ3v) is 2.44. The molecule has 0 bridgehead atoms. The van der Waals surface area contributed by atoms with Crippen LogP contribution in [0, 0.1) is 0 Å². The predicted molar refractivity (Wildman–Crippen MR) is 54.5 cm³/mol. The van der Waals surface area contributed by atoms with E-state index in [1.807, 2.05) is 0 Å². The molecule has 1 aliphatic rings. The predicted octanol–water partition coefficient (Wildman–Crippen LogP) is 0.926. The van der Waals surface area contributed by atoms with Crippen LogP contribution in [0.5, 0.6) is 0 Å². The van der Waals surface area contributed by atoms with Crippen LogP contribution in [0.2, 0.25) is 0 Å². The zero-order valence-electron chi connectivity index (χ0n) is 8.26. The first-order chi connectivity index (χ1) is 6.75. The molecule has 1 heterocycles. The standard InChI is InChI=1S/C11H14N2O/c1-8(14)13-5-9-2-3-10-6-12-7-11(10)4-9/h2-4,12H,5-7H2,1H3,(H,13,14). The minimum atomic E-state index is 0.0172. The van der Waals surface area contributed by atoms with Gasteiger partial charge in [0.1, 0.15) is 0 Å². The van der Waals surface area contributed by atoms with Gasteiger partial charge in [0.2, 0.25) is 5.91 Å². The average molecular weight is 190 g/mol. The number of carbonyl (C=O) groups is 1. The molecule has 2 rings (SSSR count). The van der Waals surface area contributed by atoms with Crippen molar-refractivity contribution >= 4 is 5.91 Å². The molecule has 74 valence electrons. The summed E-state index contributed by atoms with van der Waals surface area (Å²) >= 11 is 0. The van der Waals surface area contributed by atoms with E-state index in [9.17, 15) is 4.79 Å². The molecule has 3 heteroatoms. The van der Waals surface area contributed by atoms with Crippen molar-refractivity contribution in [2.24, 2.45) is 0 Å². The minimum Gasteiger partial charge on any atom is -0.352 e. The first-order valence-corrected chi connectivity index (χ1v) is 4.81. The fourth-order valence-electron chi connectivity index (χ4n) is 1.68. The molecular weight excluding hydrogens is 176 g/mol. The fourth-order valence-corrected chi connectivity index (χ4v) is 1.68. The molecule has 2 N–H and O–H groups in total. The lowest BCUT2D eigenvalue weighted by Crippen LogP contribution is -2.18. The molecule has 0 radical (unpaired) electrons. The molecule has 0 atom stereocenters. The number of hydrogen-bond acceptors (Lipinski definition) is 2. The second-order valence-electron chi connectivity index (χ2n) is 3.62. The van der Waals surface area contributed by atoms with E-state index in [0.717, 1.165) is 13.1 Å². The summed E-state index contributed by atoms with van der Waals surface area (Å²) in [6.07, 6.45) is 0. The van der Waals surface area contributed by atoms with Gasteiger partial charge in [-0.15, -0.1) is 0 Å².